The summed E-state index contributed by atoms with van der Waals surface area (Å²) in [4.78, 5) is 55.9. The zero-order chi connectivity index (χ0) is 36.8. The number of ether oxygens (including phenoxy) is 2. The summed E-state index contributed by atoms with van der Waals surface area (Å²) in [6, 6.07) is 19.9. The van der Waals surface area contributed by atoms with Gasteiger partial charge in [-0.05, 0) is 41.0 Å². The Morgan fingerprint density at radius 1 is 0.800 bits per heavy atom. The number of carbonyl (C=O) groups is 4. The molecule has 3 rings (SSSR count). The van der Waals surface area contributed by atoms with Gasteiger partial charge in [-0.1, -0.05) is 95.3 Å². The van der Waals surface area contributed by atoms with Crippen LogP contribution in [0.2, 0.25) is 0 Å². The van der Waals surface area contributed by atoms with Gasteiger partial charge in [0.25, 0.3) is 5.91 Å². The molecule has 13 nitrogen and oxygen atoms in total. The maximum absolute atomic E-state index is 13.7. The molecule has 0 radical (unpaired) electrons. The molecule has 1 aromatic heterocycles. The second kappa shape index (κ2) is 18.7. The predicted molar refractivity (Wildman–Crippen MR) is 189 cm³/mol. The third kappa shape index (κ3) is 12.1. The van der Waals surface area contributed by atoms with Crippen LogP contribution in [0.4, 0.5) is 9.59 Å². The van der Waals surface area contributed by atoms with E-state index in [9.17, 15) is 24.3 Å². The summed E-state index contributed by atoms with van der Waals surface area (Å²) >= 11 is 0. The molecule has 50 heavy (non-hydrogen) atoms. The molecule has 0 spiro atoms. The molecular weight excluding hydrogens is 640 g/mol. The number of benzene rings is 2. The predicted octanol–water partition coefficient (Wildman–Crippen LogP) is 3.82. The smallest absolute Gasteiger partial charge is 0.407 e. The Morgan fingerprint density at radius 2 is 1.42 bits per heavy atom. The van der Waals surface area contributed by atoms with Crippen LogP contribution in [0.25, 0.3) is 11.3 Å². The number of alkyl carbamates (subject to hydrolysis) is 2. The molecule has 1 heterocycles. The van der Waals surface area contributed by atoms with Gasteiger partial charge in [-0.2, -0.15) is 0 Å². The van der Waals surface area contributed by atoms with Crippen molar-refractivity contribution in [1.29, 1.82) is 0 Å². The number of aliphatic hydroxyl groups is 1. The maximum Gasteiger partial charge on any atom is 0.407 e. The number of aromatic nitrogens is 1. The topological polar surface area (TPSA) is 171 Å². The number of methoxy groups -OCH3 is 2. The number of amides is 4. The van der Waals surface area contributed by atoms with Crippen LogP contribution < -0.4 is 21.4 Å². The average molecular weight is 691 g/mol. The van der Waals surface area contributed by atoms with Crippen molar-refractivity contribution in [2.75, 3.05) is 20.8 Å². The van der Waals surface area contributed by atoms with Crippen LogP contribution in [0.1, 0.15) is 45.7 Å². The Balaban J connectivity index is 1.93. The van der Waals surface area contributed by atoms with Crippen LogP contribution in [0.15, 0.2) is 79.0 Å². The average Bonchev–Trinajstić information content (AvgIpc) is 3.09. The van der Waals surface area contributed by atoms with Crippen LogP contribution in [-0.4, -0.2) is 84.1 Å². The summed E-state index contributed by atoms with van der Waals surface area (Å²) in [5.74, 6) is -1.31. The second-order valence-corrected chi connectivity index (χ2v) is 13.4. The first-order valence-electron chi connectivity index (χ1n) is 16.5. The minimum Gasteiger partial charge on any atom is -0.453 e. The van der Waals surface area contributed by atoms with E-state index in [1.165, 1.54) is 14.2 Å². The number of carbonyl (C=O) groups excluding carboxylic acids is 4. The fourth-order valence-electron chi connectivity index (χ4n) is 5.25. The molecule has 5 N–H and O–H groups in total. The van der Waals surface area contributed by atoms with Crippen LogP contribution in [-0.2, 0) is 32.0 Å². The molecule has 0 aliphatic carbocycles. The standard InChI is InChI=1S/C37H50N6O7/c1-24(2)31(40-35(47)49-6)33(45)42-43(22-26-16-18-27(19-17-26)28-15-11-12-20-38-28)23-30(44)29(21-25-13-9-8-10-14-25)39-34(46)32(37(3,4)5)41-36(48)50-7/h8-20,24,29-32,44H,21-23H2,1-7H3,(H,39,46)(H,40,47)(H,41,48)(H,42,45)/t29-,30-,31-,32+/m0/s1. The highest BCUT2D eigenvalue weighted by Gasteiger charge is 2.36. The number of pyridine rings is 1. The van der Waals surface area contributed by atoms with Crippen molar-refractivity contribution in [1.82, 2.24) is 31.4 Å². The van der Waals surface area contributed by atoms with Gasteiger partial charge in [0.2, 0.25) is 5.91 Å². The Labute approximate surface area is 294 Å². The van der Waals surface area contributed by atoms with Gasteiger partial charge in [0.15, 0.2) is 0 Å². The first-order valence-corrected chi connectivity index (χ1v) is 16.5. The molecule has 4 amide bonds. The van der Waals surface area contributed by atoms with Gasteiger partial charge in [-0.3, -0.25) is 20.0 Å². The van der Waals surface area contributed by atoms with E-state index in [2.05, 4.69) is 26.4 Å². The van der Waals surface area contributed by atoms with Crippen molar-refractivity contribution in [3.63, 3.8) is 0 Å². The van der Waals surface area contributed by atoms with Crippen molar-refractivity contribution < 1.29 is 33.8 Å². The van der Waals surface area contributed by atoms with Crippen LogP contribution in [0.5, 0.6) is 0 Å². The minimum absolute atomic E-state index is 0.112. The first kappa shape index (κ1) is 39.4. The molecule has 0 bridgehead atoms. The van der Waals surface area contributed by atoms with Gasteiger partial charge in [0.1, 0.15) is 12.1 Å². The molecular formula is C37H50N6O7. The summed E-state index contributed by atoms with van der Waals surface area (Å²) in [5.41, 5.74) is 5.57. The van der Waals surface area contributed by atoms with Gasteiger partial charge < -0.3 is 30.5 Å². The summed E-state index contributed by atoms with van der Waals surface area (Å²) in [6.07, 6.45) is -0.757. The second-order valence-electron chi connectivity index (χ2n) is 13.4. The third-order valence-corrected chi connectivity index (χ3v) is 8.04. The Bertz CT molecular complexity index is 1530. The molecule has 0 aliphatic heterocycles. The lowest BCUT2D eigenvalue weighted by Crippen LogP contribution is -2.60. The largest absolute Gasteiger partial charge is 0.453 e. The number of hydrogen-bond donors (Lipinski definition) is 5. The maximum atomic E-state index is 13.7. The highest BCUT2D eigenvalue weighted by atomic mass is 16.5. The number of nitrogens with zero attached hydrogens (tertiary/aromatic N) is 2. The molecule has 270 valence electrons. The zero-order valence-electron chi connectivity index (χ0n) is 29.8. The number of nitrogens with one attached hydrogen (secondary N) is 4. The van der Waals surface area contributed by atoms with Crippen molar-refractivity contribution in [2.45, 2.75) is 71.8 Å². The highest BCUT2D eigenvalue weighted by molar-refractivity contribution is 5.87. The number of rotatable bonds is 15. The summed E-state index contributed by atoms with van der Waals surface area (Å²) in [6.45, 7) is 9.05. The normalized spacial score (nSPS) is 13.8. The monoisotopic (exact) mass is 690 g/mol. The number of hydrogen-bond acceptors (Lipinski definition) is 9. The van der Waals surface area contributed by atoms with E-state index < -0.39 is 53.6 Å². The van der Waals surface area contributed by atoms with Gasteiger partial charge in [0.05, 0.1) is 32.1 Å². The Morgan fingerprint density at radius 3 is 1.98 bits per heavy atom. The lowest BCUT2D eigenvalue weighted by Gasteiger charge is -2.34. The van der Waals surface area contributed by atoms with E-state index in [1.807, 2.05) is 72.8 Å². The molecule has 13 heteroatoms. The minimum atomic E-state index is -1.21. The van der Waals surface area contributed by atoms with Gasteiger partial charge >= 0.3 is 12.2 Å². The lowest BCUT2D eigenvalue weighted by atomic mass is 9.85. The quantitative estimate of drug-likeness (QED) is 0.149. The number of aliphatic hydroxyl groups excluding tert-OH is 1. The summed E-state index contributed by atoms with van der Waals surface area (Å²) < 4.78 is 9.49. The van der Waals surface area contributed by atoms with E-state index in [-0.39, 0.29) is 25.4 Å². The fraction of sp³-hybridized carbons (Fsp3) is 0.432. The fourth-order valence-corrected chi connectivity index (χ4v) is 5.25. The van der Waals surface area contributed by atoms with Crippen molar-refractivity contribution >= 4 is 24.0 Å². The van der Waals surface area contributed by atoms with E-state index in [0.29, 0.717) is 0 Å². The van der Waals surface area contributed by atoms with Gasteiger partial charge in [-0.15, -0.1) is 0 Å². The molecule has 0 aliphatic rings. The zero-order valence-corrected chi connectivity index (χ0v) is 29.8. The molecule has 0 saturated heterocycles. The third-order valence-electron chi connectivity index (χ3n) is 8.04. The van der Waals surface area contributed by atoms with E-state index in [4.69, 9.17) is 9.47 Å². The van der Waals surface area contributed by atoms with E-state index in [1.54, 1.807) is 45.8 Å². The highest BCUT2D eigenvalue weighted by Crippen LogP contribution is 2.21. The van der Waals surface area contributed by atoms with E-state index in [0.717, 1.165) is 22.4 Å². The lowest BCUT2D eigenvalue weighted by molar-refractivity contribution is -0.131. The van der Waals surface area contributed by atoms with Crippen molar-refractivity contribution in [3.8, 4) is 11.3 Å². The first-order chi connectivity index (χ1) is 23.7. The van der Waals surface area contributed by atoms with Gasteiger partial charge in [0, 0.05) is 24.8 Å². The molecule has 0 unspecified atom stereocenters. The van der Waals surface area contributed by atoms with Crippen molar-refractivity contribution in [3.05, 3.63) is 90.1 Å². The summed E-state index contributed by atoms with van der Waals surface area (Å²) in [5, 5.41) is 21.5. The number of hydrazine groups is 1. The van der Waals surface area contributed by atoms with Crippen LogP contribution in [0, 0.1) is 11.3 Å². The van der Waals surface area contributed by atoms with Crippen LogP contribution >= 0.6 is 0 Å². The van der Waals surface area contributed by atoms with Gasteiger partial charge in [-0.25, -0.2) is 14.6 Å². The molecule has 2 aromatic carbocycles. The molecule has 0 saturated carbocycles. The molecule has 3 aromatic rings. The van der Waals surface area contributed by atoms with Crippen molar-refractivity contribution in [2.24, 2.45) is 11.3 Å². The summed E-state index contributed by atoms with van der Waals surface area (Å²) in [7, 11) is 2.43. The molecule has 0 fully saturated rings. The Kier molecular flexibility index (Phi) is 14.7. The van der Waals surface area contributed by atoms with Crippen LogP contribution in [0.3, 0.4) is 0 Å². The Hall–Kier alpha value is -5.01. The van der Waals surface area contributed by atoms with E-state index >= 15 is 0 Å². The SMILES string of the molecule is COC(=O)N[C@H](C(=O)NN(Cc1ccc(-c2ccccn2)cc1)C[C@H](O)[C@H](Cc1ccccc1)NC(=O)[C@@H](NC(=O)OC)C(C)(C)C)C(C)C. The molecule has 4 atom stereocenters.